The summed E-state index contributed by atoms with van der Waals surface area (Å²) in [5, 5.41) is 0.705. The molecule has 1 N–H and O–H groups in total. The van der Waals surface area contributed by atoms with Crippen molar-refractivity contribution in [2.45, 2.75) is 31.3 Å². The molecule has 15 heavy (non-hydrogen) atoms. The van der Waals surface area contributed by atoms with Gasteiger partial charge in [0.2, 0.25) is 0 Å². The van der Waals surface area contributed by atoms with Crippen molar-refractivity contribution in [3.63, 3.8) is 0 Å². The van der Waals surface area contributed by atoms with Crippen molar-refractivity contribution in [2.24, 2.45) is 0 Å². The molecule has 1 rings (SSSR count). The van der Waals surface area contributed by atoms with Gasteiger partial charge in [0.15, 0.2) is 5.16 Å². The second kappa shape index (κ2) is 6.90. The van der Waals surface area contributed by atoms with E-state index in [-0.39, 0.29) is 5.56 Å². The van der Waals surface area contributed by atoms with Gasteiger partial charge in [-0.15, -0.1) is 11.6 Å². The number of thioether (sulfide) groups is 1. The normalized spacial score (nSPS) is 10.5. The van der Waals surface area contributed by atoms with Gasteiger partial charge in [-0.2, -0.15) is 0 Å². The Labute approximate surface area is 98.6 Å². The highest BCUT2D eigenvalue weighted by atomic mass is 35.5. The van der Waals surface area contributed by atoms with Gasteiger partial charge in [-0.25, -0.2) is 4.98 Å². The van der Waals surface area contributed by atoms with E-state index in [0.717, 1.165) is 30.7 Å². The number of halogens is 1. The van der Waals surface area contributed by atoms with E-state index in [2.05, 4.69) is 16.9 Å². The first-order valence-electron chi connectivity index (χ1n) is 5.05. The van der Waals surface area contributed by atoms with Crippen LogP contribution in [0, 0.1) is 0 Å². The van der Waals surface area contributed by atoms with Crippen LogP contribution >= 0.6 is 23.4 Å². The van der Waals surface area contributed by atoms with E-state index in [4.69, 9.17) is 11.6 Å². The van der Waals surface area contributed by atoms with E-state index in [0.29, 0.717) is 11.0 Å². The summed E-state index contributed by atoms with van der Waals surface area (Å²) in [4.78, 5) is 18.4. The van der Waals surface area contributed by atoms with Gasteiger partial charge in [0, 0.05) is 23.4 Å². The topological polar surface area (TPSA) is 45.8 Å². The van der Waals surface area contributed by atoms with Crippen LogP contribution in [-0.2, 0) is 6.42 Å². The molecular formula is C10H15ClN2OS. The fraction of sp³-hybridized carbons (Fsp3) is 0.600. The molecule has 0 unspecified atom stereocenters. The number of alkyl halides is 1. The second-order valence-corrected chi connectivity index (χ2v) is 4.64. The minimum absolute atomic E-state index is 0.0678. The minimum Gasteiger partial charge on any atom is -0.301 e. The first kappa shape index (κ1) is 12.6. The van der Waals surface area contributed by atoms with E-state index in [1.54, 1.807) is 17.8 Å². The Morgan fingerprint density at radius 2 is 2.40 bits per heavy atom. The van der Waals surface area contributed by atoms with Crippen molar-refractivity contribution in [3.8, 4) is 0 Å². The zero-order chi connectivity index (χ0) is 11.1. The summed E-state index contributed by atoms with van der Waals surface area (Å²) >= 11 is 7.12. The third-order valence-electron chi connectivity index (χ3n) is 1.80. The van der Waals surface area contributed by atoms with Crippen LogP contribution in [0.15, 0.2) is 16.0 Å². The van der Waals surface area contributed by atoms with Crippen LogP contribution in [-0.4, -0.2) is 21.6 Å². The lowest BCUT2D eigenvalue weighted by molar-refractivity contribution is 0.815. The molecule has 0 aliphatic heterocycles. The number of H-pyrrole nitrogens is 1. The predicted molar refractivity (Wildman–Crippen MR) is 64.9 cm³/mol. The Balaban J connectivity index is 2.66. The van der Waals surface area contributed by atoms with Crippen molar-refractivity contribution in [3.05, 3.63) is 22.1 Å². The third kappa shape index (κ3) is 4.71. The van der Waals surface area contributed by atoms with E-state index >= 15 is 0 Å². The molecule has 0 spiro atoms. The Hall–Kier alpha value is -0.480. The third-order valence-corrected chi connectivity index (χ3v) is 3.02. The molecule has 1 aromatic rings. The molecule has 5 heteroatoms. The first-order chi connectivity index (χ1) is 7.26. The average Bonchev–Trinajstić information content (AvgIpc) is 2.18. The second-order valence-electron chi connectivity index (χ2n) is 3.18. The first-order valence-corrected chi connectivity index (χ1v) is 6.57. The molecule has 0 saturated heterocycles. The van der Waals surface area contributed by atoms with Gasteiger partial charge in [0.05, 0.1) is 0 Å². The van der Waals surface area contributed by atoms with Crippen LogP contribution in [0.3, 0.4) is 0 Å². The number of rotatable bonds is 6. The largest absolute Gasteiger partial charge is 0.301 e. The van der Waals surface area contributed by atoms with E-state index in [1.165, 1.54) is 0 Å². The molecule has 84 valence electrons. The summed E-state index contributed by atoms with van der Waals surface area (Å²) < 4.78 is 0. The Kier molecular flexibility index (Phi) is 5.79. The highest BCUT2D eigenvalue weighted by Gasteiger charge is 2.01. The van der Waals surface area contributed by atoms with E-state index < -0.39 is 0 Å². The number of aromatic amines is 1. The molecule has 0 aliphatic rings. The highest BCUT2D eigenvalue weighted by Crippen LogP contribution is 2.13. The quantitative estimate of drug-likeness (QED) is 0.363. The molecule has 1 heterocycles. The number of aromatic nitrogens is 2. The predicted octanol–water partition coefficient (Wildman–Crippen LogP) is 2.44. The molecule has 0 radical (unpaired) electrons. The van der Waals surface area contributed by atoms with Crippen molar-refractivity contribution in [1.82, 2.24) is 9.97 Å². The number of nitrogens with zero attached hydrogens (tertiary/aromatic N) is 1. The van der Waals surface area contributed by atoms with Crippen molar-refractivity contribution >= 4 is 23.4 Å². The van der Waals surface area contributed by atoms with Crippen LogP contribution in [0.2, 0.25) is 0 Å². The fourth-order valence-corrected chi connectivity index (χ4v) is 2.29. The van der Waals surface area contributed by atoms with Gasteiger partial charge >= 0.3 is 0 Å². The summed E-state index contributed by atoms with van der Waals surface area (Å²) in [7, 11) is 0. The standard InChI is InChI=1S/C10H15ClN2OS/c1-2-4-8-7-9(14)13-10(12-8)15-6-3-5-11/h7H,2-6H2,1H3,(H,12,13,14). The maximum absolute atomic E-state index is 11.3. The van der Waals surface area contributed by atoms with Gasteiger partial charge in [-0.05, 0) is 12.8 Å². The molecule has 0 saturated carbocycles. The Morgan fingerprint density at radius 1 is 1.60 bits per heavy atom. The lowest BCUT2D eigenvalue weighted by atomic mass is 10.2. The van der Waals surface area contributed by atoms with Crippen LogP contribution in [0.25, 0.3) is 0 Å². The fourth-order valence-electron chi connectivity index (χ4n) is 1.16. The smallest absolute Gasteiger partial charge is 0.251 e. The number of hydrogen-bond acceptors (Lipinski definition) is 3. The molecule has 0 bridgehead atoms. The Morgan fingerprint density at radius 3 is 3.07 bits per heavy atom. The monoisotopic (exact) mass is 246 g/mol. The highest BCUT2D eigenvalue weighted by molar-refractivity contribution is 7.99. The summed E-state index contributed by atoms with van der Waals surface area (Å²) in [6.07, 6.45) is 2.78. The Bertz CT molecular complexity index is 354. The molecule has 1 aromatic heterocycles. The van der Waals surface area contributed by atoms with Crippen LogP contribution in [0.4, 0.5) is 0 Å². The summed E-state index contributed by atoms with van der Waals surface area (Å²) in [6.45, 7) is 2.07. The average molecular weight is 247 g/mol. The van der Waals surface area contributed by atoms with Crippen molar-refractivity contribution in [2.75, 3.05) is 11.6 Å². The van der Waals surface area contributed by atoms with Crippen LogP contribution in [0.5, 0.6) is 0 Å². The number of hydrogen-bond donors (Lipinski definition) is 1. The summed E-state index contributed by atoms with van der Waals surface area (Å²) in [5.74, 6) is 1.54. The molecule has 0 aliphatic carbocycles. The molecule has 0 aromatic carbocycles. The summed E-state index contributed by atoms with van der Waals surface area (Å²) in [5.41, 5.74) is 0.802. The van der Waals surface area contributed by atoms with E-state index in [9.17, 15) is 4.79 Å². The lowest BCUT2D eigenvalue weighted by Crippen LogP contribution is -2.10. The van der Waals surface area contributed by atoms with E-state index in [1.807, 2.05) is 0 Å². The van der Waals surface area contributed by atoms with Gasteiger partial charge in [0.1, 0.15) is 0 Å². The van der Waals surface area contributed by atoms with Crippen molar-refractivity contribution < 1.29 is 0 Å². The molecule has 0 amide bonds. The van der Waals surface area contributed by atoms with Gasteiger partial charge in [-0.1, -0.05) is 25.1 Å². The van der Waals surface area contributed by atoms with Crippen LogP contribution in [0.1, 0.15) is 25.5 Å². The SMILES string of the molecule is CCCc1cc(=O)[nH]c(SCCCCl)n1. The van der Waals surface area contributed by atoms with Gasteiger partial charge in [0.25, 0.3) is 5.56 Å². The lowest BCUT2D eigenvalue weighted by Gasteiger charge is -2.02. The molecule has 3 nitrogen and oxygen atoms in total. The summed E-state index contributed by atoms with van der Waals surface area (Å²) in [6, 6.07) is 1.56. The molecule has 0 fully saturated rings. The number of nitrogens with one attached hydrogen (secondary N) is 1. The van der Waals surface area contributed by atoms with Gasteiger partial charge < -0.3 is 4.98 Å². The number of aryl methyl sites for hydroxylation is 1. The van der Waals surface area contributed by atoms with Gasteiger partial charge in [-0.3, -0.25) is 4.79 Å². The van der Waals surface area contributed by atoms with Crippen molar-refractivity contribution in [1.29, 1.82) is 0 Å². The zero-order valence-corrected chi connectivity index (χ0v) is 10.3. The minimum atomic E-state index is -0.0678. The zero-order valence-electron chi connectivity index (χ0n) is 8.75. The molecular weight excluding hydrogens is 232 g/mol. The molecule has 0 atom stereocenters. The maximum Gasteiger partial charge on any atom is 0.251 e. The maximum atomic E-state index is 11.3. The van der Waals surface area contributed by atoms with Crippen LogP contribution < -0.4 is 5.56 Å².